The van der Waals surface area contributed by atoms with Gasteiger partial charge in [-0.25, -0.2) is 4.98 Å². The van der Waals surface area contributed by atoms with Crippen LogP contribution >= 0.6 is 0 Å². The van der Waals surface area contributed by atoms with Crippen molar-refractivity contribution >= 4 is 0 Å². The summed E-state index contributed by atoms with van der Waals surface area (Å²) in [5.41, 5.74) is 5.42. The summed E-state index contributed by atoms with van der Waals surface area (Å²) in [5, 5.41) is 0. The number of aromatic amines is 1. The maximum absolute atomic E-state index is 5.42. The number of allylic oxidation sites excluding steroid dienone is 1. The van der Waals surface area contributed by atoms with Crippen LogP contribution in [0.4, 0.5) is 0 Å². The number of nitrogens with two attached hydrogens (primary N) is 1. The molecular weight excluding hydrogens is 138 g/mol. The van der Waals surface area contributed by atoms with E-state index in [2.05, 4.69) is 16.5 Å². The first-order valence-electron chi connectivity index (χ1n) is 3.70. The van der Waals surface area contributed by atoms with Gasteiger partial charge in [-0.05, 0) is 13.0 Å². The predicted octanol–water partition coefficient (Wildman–Crippen LogP) is 1.03. The van der Waals surface area contributed by atoms with Crippen LogP contribution < -0.4 is 5.73 Å². The molecule has 1 unspecified atom stereocenters. The van der Waals surface area contributed by atoms with Crippen LogP contribution in [0.25, 0.3) is 0 Å². The zero-order valence-corrected chi connectivity index (χ0v) is 6.46. The highest BCUT2D eigenvalue weighted by molar-refractivity contribution is 5.04. The lowest BCUT2D eigenvalue weighted by molar-refractivity contribution is 0.711. The molecule has 60 valence electrons. The van der Waals surface area contributed by atoms with Gasteiger partial charge in [0.05, 0.1) is 0 Å². The number of nitrogens with one attached hydrogen (secondary N) is 1. The van der Waals surface area contributed by atoms with Gasteiger partial charge in [-0.3, -0.25) is 0 Å². The number of imidazole rings is 1. The van der Waals surface area contributed by atoms with Crippen molar-refractivity contribution in [2.75, 3.05) is 6.54 Å². The minimum absolute atomic E-state index is 0.273. The lowest BCUT2D eigenvalue weighted by atomic mass is 10.1. The molecule has 0 aliphatic rings. The normalized spacial score (nSPS) is 12.8. The summed E-state index contributed by atoms with van der Waals surface area (Å²) >= 11 is 0. The van der Waals surface area contributed by atoms with E-state index in [0.717, 1.165) is 12.2 Å². The van der Waals surface area contributed by atoms with E-state index in [1.165, 1.54) is 0 Å². The van der Waals surface area contributed by atoms with Gasteiger partial charge in [-0.15, -0.1) is 6.58 Å². The molecule has 0 amide bonds. The van der Waals surface area contributed by atoms with Crippen LogP contribution in [0.5, 0.6) is 0 Å². The summed E-state index contributed by atoms with van der Waals surface area (Å²) in [6.45, 7) is 4.38. The molecule has 3 heteroatoms. The number of rotatable bonds is 4. The zero-order valence-electron chi connectivity index (χ0n) is 6.46. The van der Waals surface area contributed by atoms with Gasteiger partial charge in [0.15, 0.2) is 0 Å². The van der Waals surface area contributed by atoms with Crippen LogP contribution in [0.1, 0.15) is 18.2 Å². The maximum atomic E-state index is 5.42. The molecule has 0 spiro atoms. The Kier molecular flexibility index (Phi) is 2.86. The predicted molar refractivity (Wildman–Crippen MR) is 45.2 cm³/mol. The molecule has 1 aromatic heterocycles. The fraction of sp³-hybridized carbons (Fsp3) is 0.375. The fourth-order valence-corrected chi connectivity index (χ4v) is 1.03. The average molecular weight is 151 g/mol. The van der Waals surface area contributed by atoms with Crippen LogP contribution in [-0.4, -0.2) is 16.5 Å². The van der Waals surface area contributed by atoms with Gasteiger partial charge in [-0.1, -0.05) is 6.08 Å². The van der Waals surface area contributed by atoms with Crippen LogP contribution in [0.3, 0.4) is 0 Å². The van der Waals surface area contributed by atoms with E-state index in [-0.39, 0.29) is 5.92 Å². The monoisotopic (exact) mass is 151 g/mol. The van der Waals surface area contributed by atoms with Crippen molar-refractivity contribution in [3.63, 3.8) is 0 Å². The zero-order chi connectivity index (χ0) is 8.10. The first-order valence-corrected chi connectivity index (χ1v) is 3.70. The molecule has 0 radical (unpaired) electrons. The molecule has 1 heterocycles. The van der Waals surface area contributed by atoms with E-state index in [0.29, 0.717) is 6.54 Å². The Balaban J connectivity index is 2.63. The van der Waals surface area contributed by atoms with Crippen molar-refractivity contribution in [1.82, 2.24) is 9.97 Å². The summed E-state index contributed by atoms with van der Waals surface area (Å²) in [4.78, 5) is 7.16. The van der Waals surface area contributed by atoms with Crippen molar-refractivity contribution in [3.05, 3.63) is 30.9 Å². The molecule has 0 aromatic carbocycles. The van der Waals surface area contributed by atoms with Gasteiger partial charge >= 0.3 is 0 Å². The fourth-order valence-electron chi connectivity index (χ4n) is 1.03. The van der Waals surface area contributed by atoms with E-state index in [4.69, 9.17) is 5.73 Å². The molecule has 1 atom stereocenters. The highest BCUT2D eigenvalue weighted by Gasteiger charge is 2.07. The average Bonchev–Trinajstić information content (AvgIpc) is 2.52. The Bertz CT molecular complexity index is 203. The van der Waals surface area contributed by atoms with E-state index >= 15 is 0 Å². The van der Waals surface area contributed by atoms with Gasteiger partial charge in [0.1, 0.15) is 5.82 Å². The second kappa shape index (κ2) is 3.93. The molecule has 3 nitrogen and oxygen atoms in total. The van der Waals surface area contributed by atoms with Crippen LogP contribution in [-0.2, 0) is 0 Å². The van der Waals surface area contributed by atoms with Crippen LogP contribution in [0.2, 0.25) is 0 Å². The quantitative estimate of drug-likeness (QED) is 0.631. The minimum atomic E-state index is 0.273. The van der Waals surface area contributed by atoms with Gasteiger partial charge in [0.2, 0.25) is 0 Å². The third kappa shape index (κ3) is 1.91. The van der Waals surface area contributed by atoms with Gasteiger partial charge < -0.3 is 10.7 Å². The second-order valence-corrected chi connectivity index (χ2v) is 2.39. The molecule has 0 saturated heterocycles. The lowest BCUT2D eigenvalue weighted by Gasteiger charge is -2.06. The summed E-state index contributed by atoms with van der Waals surface area (Å²) in [5.74, 6) is 1.22. The Morgan fingerprint density at radius 1 is 1.82 bits per heavy atom. The highest BCUT2D eigenvalue weighted by Crippen LogP contribution is 2.14. The van der Waals surface area contributed by atoms with Crippen molar-refractivity contribution in [3.8, 4) is 0 Å². The summed E-state index contributed by atoms with van der Waals surface area (Å²) in [7, 11) is 0. The first-order chi connectivity index (χ1) is 5.38. The van der Waals surface area contributed by atoms with E-state index in [9.17, 15) is 0 Å². The second-order valence-electron chi connectivity index (χ2n) is 2.39. The van der Waals surface area contributed by atoms with Gasteiger partial charge in [0, 0.05) is 18.3 Å². The van der Waals surface area contributed by atoms with Crippen LogP contribution in [0.15, 0.2) is 25.0 Å². The Labute approximate surface area is 66.3 Å². The number of hydrogen-bond acceptors (Lipinski definition) is 2. The van der Waals surface area contributed by atoms with E-state index < -0.39 is 0 Å². The molecular formula is C8H13N3. The molecule has 1 rings (SSSR count). The third-order valence-corrected chi connectivity index (χ3v) is 1.63. The Morgan fingerprint density at radius 3 is 3.09 bits per heavy atom. The summed E-state index contributed by atoms with van der Waals surface area (Å²) < 4.78 is 0. The minimum Gasteiger partial charge on any atom is -0.348 e. The van der Waals surface area contributed by atoms with Crippen molar-refractivity contribution in [2.45, 2.75) is 12.3 Å². The number of hydrogen-bond donors (Lipinski definition) is 2. The van der Waals surface area contributed by atoms with Crippen molar-refractivity contribution in [1.29, 1.82) is 0 Å². The smallest absolute Gasteiger partial charge is 0.112 e. The van der Waals surface area contributed by atoms with Crippen molar-refractivity contribution in [2.24, 2.45) is 5.73 Å². The molecule has 0 fully saturated rings. The molecule has 1 aromatic rings. The number of nitrogens with zero attached hydrogens (tertiary/aromatic N) is 1. The molecule has 0 aliphatic carbocycles. The Morgan fingerprint density at radius 2 is 2.64 bits per heavy atom. The largest absolute Gasteiger partial charge is 0.348 e. The SMILES string of the molecule is C=CC(CCN)c1ncc[nH]1. The molecule has 0 bridgehead atoms. The molecule has 3 N–H and O–H groups in total. The lowest BCUT2D eigenvalue weighted by Crippen LogP contribution is -2.06. The topological polar surface area (TPSA) is 54.7 Å². The van der Waals surface area contributed by atoms with Crippen LogP contribution in [0, 0.1) is 0 Å². The molecule has 0 saturated carbocycles. The van der Waals surface area contributed by atoms with E-state index in [1.807, 2.05) is 12.3 Å². The summed E-state index contributed by atoms with van der Waals surface area (Å²) in [6, 6.07) is 0. The Hall–Kier alpha value is -1.09. The molecule has 0 aliphatic heterocycles. The number of H-pyrrole nitrogens is 1. The third-order valence-electron chi connectivity index (χ3n) is 1.63. The van der Waals surface area contributed by atoms with Crippen molar-refractivity contribution < 1.29 is 0 Å². The number of aromatic nitrogens is 2. The van der Waals surface area contributed by atoms with Gasteiger partial charge in [-0.2, -0.15) is 0 Å². The standard InChI is InChI=1S/C8H13N3/c1-2-7(3-4-9)8-10-5-6-11-8/h2,5-7H,1,3-4,9H2,(H,10,11). The van der Waals surface area contributed by atoms with E-state index in [1.54, 1.807) is 6.20 Å². The summed E-state index contributed by atoms with van der Waals surface area (Å²) in [6.07, 6.45) is 6.31. The maximum Gasteiger partial charge on any atom is 0.112 e. The first kappa shape index (κ1) is 8.01. The highest BCUT2D eigenvalue weighted by atomic mass is 14.9. The van der Waals surface area contributed by atoms with Gasteiger partial charge in [0.25, 0.3) is 0 Å². The molecule has 11 heavy (non-hydrogen) atoms.